The molecule has 37 N–H and O–H groups in total. The molecular formula is C61H111N9O41. The summed E-state index contributed by atoms with van der Waals surface area (Å²) in [6.07, 6.45) is -62.6. The number of amides is 1. The zero-order chi connectivity index (χ0) is 82.2. The zero-order valence-corrected chi connectivity index (χ0v) is 60.2. The van der Waals surface area contributed by atoms with E-state index in [0.29, 0.717) is 5.57 Å². The molecule has 0 aromatic carbocycles. The SMILES string of the molecule is C=C(C)C(=O)OC.COC(=O)N[C@H]1[C@H](O[C@H]2[C@H](O)[C@@H](N)[C@H](O[C@H]3[C@H](O)[C@@H](N)[C@H](O)O[C@@H]3CO)O[C@@H]2CO)O[C@H](CO)[C@@H](O[C@@H]2O[C@H](CO)[C@@H](O[C@@H]3O[C@H](CO)[C@@H](O[C@@H]4O[C@H](CO)[C@@H](O[C@@H]5O[C@H](CO)[C@@H](O[C@@H]6O[C@H](CO)[C@@H](O[C@@H]7O[C@H](CO)[C@@H](O)[C@H](O)[C@H]7N)[C@H](O)[C@H]6N)[C@H](O)[C@H]5N)[C@H](O)[C@H]4N)[C@H](O)[C@H]3N)[C@H](O)[C@H]2N)[C@@H]1O. The van der Waals surface area contributed by atoms with Crippen molar-refractivity contribution in [2.45, 2.75) is 283 Å². The largest absolute Gasteiger partial charge is 0.466 e. The molecule has 45 atom stereocenters. The van der Waals surface area contributed by atoms with Crippen LogP contribution in [-0.2, 0) is 94.8 Å². The highest BCUT2D eigenvalue weighted by Crippen LogP contribution is 2.39. The maximum absolute atomic E-state index is 12.8. The van der Waals surface area contributed by atoms with E-state index in [0.717, 1.165) is 7.11 Å². The van der Waals surface area contributed by atoms with E-state index in [2.05, 4.69) is 16.6 Å². The van der Waals surface area contributed by atoms with Gasteiger partial charge >= 0.3 is 12.1 Å². The van der Waals surface area contributed by atoms with Crippen molar-refractivity contribution in [3.63, 3.8) is 0 Å². The summed E-state index contributed by atoms with van der Waals surface area (Å²) in [6, 6.07) is -14.6. The lowest BCUT2D eigenvalue weighted by Crippen LogP contribution is -2.71. The second-order valence-electron chi connectivity index (χ2n) is 27.8. The molecule has 9 saturated heterocycles. The van der Waals surface area contributed by atoms with Gasteiger partial charge in [0.25, 0.3) is 0 Å². The number of hydrogen-bond acceptors (Lipinski definition) is 49. The predicted octanol–water partition coefficient (Wildman–Crippen LogP) is -19.8. The Bertz CT molecular complexity index is 2850. The van der Waals surface area contributed by atoms with Gasteiger partial charge in [-0.05, 0) is 6.92 Å². The molecular weight excluding hydrogens is 1510 g/mol. The number of nitrogens with one attached hydrogen (secondary N) is 1. The van der Waals surface area contributed by atoms with Gasteiger partial charge in [-0.3, -0.25) is 0 Å². The molecule has 9 rings (SSSR count). The summed E-state index contributed by atoms with van der Waals surface area (Å²) in [5.74, 6) is -0.347. The van der Waals surface area contributed by atoms with Crippen molar-refractivity contribution in [1.29, 1.82) is 0 Å². The Labute approximate surface area is 632 Å². The minimum Gasteiger partial charge on any atom is -0.466 e. The summed E-state index contributed by atoms with van der Waals surface area (Å²) in [4.78, 5) is 23.0. The molecule has 9 heterocycles. The van der Waals surface area contributed by atoms with Crippen molar-refractivity contribution in [1.82, 2.24) is 5.32 Å². The first-order valence-corrected chi connectivity index (χ1v) is 35.3. The number of esters is 1. The molecule has 50 nitrogen and oxygen atoms in total. The molecule has 50 heteroatoms. The molecule has 0 unspecified atom stereocenters. The highest BCUT2D eigenvalue weighted by Gasteiger charge is 2.60. The molecule has 111 heavy (non-hydrogen) atoms. The number of carbonyl (C=O) groups excluding carboxylic acids is 2. The van der Waals surface area contributed by atoms with Crippen molar-refractivity contribution in [3.05, 3.63) is 12.2 Å². The fraction of sp³-hybridized carbons (Fsp3) is 0.934. The summed E-state index contributed by atoms with van der Waals surface area (Å²) in [5.41, 5.74) is 50.6. The van der Waals surface area contributed by atoms with Gasteiger partial charge in [-0.25, -0.2) is 9.59 Å². The quantitative estimate of drug-likeness (QED) is 0.0268. The summed E-state index contributed by atoms with van der Waals surface area (Å²) in [6.45, 7) is -3.29. The van der Waals surface area contributed by atoms with Crippen molar-refractivity contribution in [2.24, 2.45) is 45.9 Å². The average Bonchev–Trinajstić information content (AvgIpc) is 0.776. The van der Waals surface area contributed by atoms with E-state index in [4.69, 9.17) is 131 Å². The van der Waals surface area contributed by atoms with Crippen LogP contribution >= 0.6 is 0 Å². The molecule has 0 aromatic heterocycles. The highest BCUT2D eigenvalue weighted by molar-refractivity contribution is 5.86. The van der Waals surface area contributed by atoms with E-state index in [1.165, 1.54) is 7.11 Å². The third-order valence-electron chi connectivity index (χ3n) is 20.4. The van der Waals surface area contributed by atoms with Gasteiger partial charge in [0.15, 0.2) is 56.6 Å². The number of aliphatic hydroxyl groups excluding tert-OH is 20. The highest BCUT2D eigenvalue weighted by atomic mass is 16.8. The van der Waals surface area contributed by atoms with Crippen molar-refractivity contribution in [3.8, 4) is 0 Å². The Morgan fingerprint density at radius 2 is 0.505 bits per heavy atom. The number of alkyl carbamates (subject to hydrolysis) is 1. The molecule has 1 amide bonds. The number of rotatable bonds is 27. The van der Waals surface area contributed by atoms with Crippen LogP contribution in [0.3, 0.4) is 0 Å². The molecule has 0 aromatic rings. The Morgan fingerprint density at radius 3 is 0.730 bits per heavy atom. The Kier molecular flexibility index (Phi) is 34.7. The van der Waals surface area contributed by atoms with Gasteiger partial charge in [-0.15, -0.1) is 0 Å². The van der Waals surface area contributed by atoms with Crippen LogP contribution in [0.15, 0.2) is 12.2 Å². The van der Waals surface area contributed by atoms with Crippen LogP contribution in [0, 0.1) is 0 Å². The Hall–Kier alpha value is -3.32. The zero-order valence-electron chi connectivity index (χ0n) is 60.2. The number of nitrogens with two attached hydrogens (primary N) is 8. The fourth-order valence-corrected chi connectivity index (χ4v) is 13.9. The van der Waals surface area contributed by atoms with Gasteiger partial charge < -0.3 is 243 Å². The van der Waals surface area contributed by atoms with Gasteiger partial charge in [0.2, 0.25) is 0 Å². The molecule has 0 radical (unpaired) electrons. The van der Waals surface area contributed by atoms with Crippen LogP contribution in [0.2, 0.25) is 0 Å². The molecule has 646 valence electrons. The van der Waals surface area contributed by atoms with E-state index in [1.807, 2.05) is 0 Å². The van der Waals surface area contributed by atoms with E-state index in [9.17, 15) is 112 Å². The van der Waals surface area contributed by atoms with E-state index in [1.54, 1.807) is 6.92 Å². The van der Waals surface area contributed by atoms with E-state index >= 15 is 0 Å². The van der Waals surface area contributed by atoms with Crippen LogP contribution in [0.25, 0.3) is 0 Å². The maximum atomic E-state index is 12.8. The van der Waals surface area contributed by atoms with Gasteiger partial charge in [0.1, 0.15) is 171 Å². The first-order valence-electron chi connectivity index (χ1n) is 35.3. The lowest BCUT2D eigenvalue weighted by Gasteiger charge is -2.51. The van der Waals surface area contributed by atoms with Crippen LogP contribution < -0.4 is 51.2 Å². The van der Waals surface area contributed by atoms with E-state index in [-0.39, 0.29) is 5.97 Å². The van der Waals surface area contributed by atoms with Crippen molar-refractivity contribution < 1.29 is 202 Å². The lowest BCUT2D eigenvalue weighted by molar-refractivity contribution is -0.372. The molecule has 0 spiro atoms. The lowest BCUT2D eigenvalue weighted by atomic mass is 9.93. The van der Waals surface area contributed by atoms with Crippen molar-refractivity contribution in [2.75, 3.05) is 73.7 Å². The van der Waals surface area contributed by atoms with Crippen LogP contribution in [0.5, 0.6) is 0 Å². The van der Waals surface area contributed by atoms with Crippen LogP contribution in [-0.4, -0.2) is 464 Å². The first kappa shape index (κ1) is 93.2. The van der Waals surface area contributed by atoms with Gasteiger partial charge in [0.05, 0.1) is 122 Å². The number of ether oxygens (including phenoxy) is 19. The Balaban J connectivity index is 0.00000211. The summed E-state index contributed by atoms with van der Waals surface area (Å²) < 4.78 is 109. The van der Waals surface area contributed by atoms with Gasteiger partial charge in [0, 0.05) is 5.57 Å². The van der Waals surface area contributed by atoms with Gasteiger partial charge in [-0.2, -0.15) is 0 Å². The maximum Gasteiger partial charge on any atom is 0.407 e. The molecule has 9 aliphatic heterocycles. The average molecular weight is 1630 g/mol. The number of aliphatic hydroxyl groups is 20. The number of hydrogen-bond donors (Lipinski definition) is 29. The molecule has 0 saturated carbocycles. The van der Waals surface area contributed by atoms with Crippen molar-refractivity contribution >= 4 is 12.1 Å². The fourth-order valence-electron chi connectivity index (χ4n) is 13.9. The molecule has 0 bridgehead atoms. The standard InChI is InChI=1S/C56H103N9O39.C5H8O2/c1-87-56(86)65-28-38(84)46(19(10-74)96-55(28)104-45-18(9-73)95-49(27(64)37(45)83)97-39-12(3-67)88-47(85)20(57)31(39)77)103-54-26(63)36(82)44(17(8-72)94-54)102-53-25(62)35(81)43(16(7-71)93-53)101-52-24(61)34(80)42(15(6-70)92-52)100-51-23(60)33(79)41(14(5-69)91-51)99-50-22(59)32(78)40(13(4-68)90-50)98-48-21(58)30(76)29(75)11(2-66)89-48;1-4(2)5(6)7-3/h11-55,66-85H,2-10,57-64H2,1H3,(H,65,86);1H2,2-3H3/t11-,12-,13-,14-,15-,16-,17-,18-,19-,20-,21-,22-,23-,24-,25-,26-,27-,28-,29-,30-,31-,32-,33-,34-,35-,36-,37-,38-,39-,40-,41-,42-,43-,44-,45-,46-,47-,48+,49+,50+,51+,52+,53+,54+,55+;/m1./s1. The second-order valence-corrected chi connectivity index (χ2v) is 27.8. The third-order valence-corrected chi connectivity index (χ3v) is 20.4. The van der Waals surface area contributed by atoms with Gasteiger partial charge in [-0.1, -0.05) is 6.58 Å². The minimum absolute atomic E-state index is 0.347. The molecule has 0 aliphatic carbocycles. The smallest absolute Gasteiger partial charge is 0.407 e. The van der Waals surface area contributed by atoms with E-state index < -0.39 is 341 Å². The van der Waals surface area contributed by atoms with Crippen LogP contribution in [0.1, 0.15) is 6.92 Å². The number of carbonyl (C=O) groups is 2. The molecule has 9 aliphatic rings. The topological polar surface area (TPSA) is 834 Å². The summed E-state index contributed by atoms with van der Waals surface area (Å²) in [7, 11) is 2.29. The summed E-state index contributed by atoms with van der Waals surface area (Å²) in [5, 5.41) is 219. The normalized spacial score (nSPS) is 49.2. The van der Waals surface area contributed by atoms with Crippen LogP contribution in [0.4, 0.5) is 4.79 Å². The molecule has 9 fully saturated rings. The predicted molar refractivity (Wildman–Crippen MR) is 353 cm³/mol. The Morgan fingerprint density at radius 1 is 0.297 bits per heavy atom. The monoisotopic (exact) mass is 1630 g/mol. The number of methoxy groups -OCH3 is 2. The minimum atomic E-state index is -2.04. The second kappa shape index (κ2) is 41.4. The summed E-state index contributed by atoms with van der Waals surface area (Å²) >= 11 is 0. The third kappa shape index (κ3) is 20.5. The first-order chi connectivity index (χ1) is 52.6.